The highest BCUT2D eigenvalue weighted by atomic mass is 35.5. The molecule has 1 saturated carbocycles. The van der Waals surface area contributed by atoms with Gasteiger partial charge in [-0.2, -0.15) is 20.0 Å². The molecule has 0 spiro atoms. The van der Waals surface area contributed by atoms with Gasteiger partial charge in [-0.15, -0.1) is 5.10 Å². The molecule has 0 saturated heterocycles. The number of likely N-dealkylation sites (N-methyl/N-ethyl adjacent to an activating group) is 1. The normalized spacial score (nSPS) is 13.2. The average Bonchev–Trinajstić information content (AvgIpc) is 3.50. The van der Waals surface area contributed by atoms with E-state index in [1.54, 1.807) is 19.2 Å². The second-order valence-corrected chi connectivity index (χ2v) is 8.04. The molecule has 0 atom stereocenters. The Hall–Kier alpha value is -3.44. The van der Waals surface area contributed by atoms with Crippen LogP contribution in [0.5, 0.6) is 0 Å². The van der Waals surface area contributed by atoms with Gasteiger partial charge in [-0.3, -0.25) is 4.90 Å². The van der Waals surface area contributed by atoms with Gasteiger partial charge in [-0.1, -0.05) is 11.6 Å². The molecule has 0 radical (unpaired) electrons. The molecule has 0 unspecified atom stereocenters. The van der Waals surface area contributed by atoms with Crippen LogP contribution in [0.4, 0.5) is 17.5 Å². The summed E-state index contributed by atoms with van der Waals surface area (Å²) >= 11 is 6.68. The first-order chi connectivity index (χ1) is 15.5. The summed E-state index contributed by atoms with van der Waals surface area (Å²) in [6, 6.07) is 8.02. The van der Waals surface area contributed by atoms with Crippen molar-refractivity contribution in [2.75, 3.05) is 37.9 Å². The number of nitrogens with one attached hydrogen (secondary N) is 2. The smallest absolute Gasteiger partial charge is 0.247 e. The first-order valence-corrected chi connectivity index (χ1v) is 10.5. The largest absolute Gasteiger partial charge is 0.383 e. The molecule has 0 bridgehead atoms. The molecule has 164 valence electrons. The summed E-state index contributed by atoms with van der Waals surface area (Å²) in [5, 5.41) is 30.3. The number of rotatable bonds is 9. The average molecular weight is 452 g/mol. The van der Waals surface area contributed by atoms with Gasteiger partial charge in [-0.05, 0) is 37.6 Å². The van der Waals surface area contributed by atoms with E-state index in [1.165, 1.54) is 10.7 Å². The van der Waals surface area contributed by atoms with Gasteiger partial charge < -0.3 is 15.4 Å². The van der Waals surface area contributed by atoms with Crippen molar-refractivity contribution in [1.82, 2.24) is 24.5 Å². The quantitative estimate of drug-likeness (QED) is 0.504. The second kappa shape index (κ2) is 9.37. The van der Waals surface area contributed by atoms with Crippen LogP contribution >= 0.6 is 11.6 Å². The molecule has 1 aliphatic carbocycles. The number of nitriles is 2. The fourth-order valence-corrected chi connectivity index (χ4v) is 3.44. The van der Waals surface area contributed by atoms with Crippen molar-refractivity contribution in [3.63, 3.8) is 0 Å². The van der Waals surface area contributed by atoms with Crippen molar-refractivity contribution in [2.45, 2.75) is 25.4 Å². The monoisotopic (exact) mass is 451 g/mol. The van der Waals surface area contributed by atoms with Gasteiger partial charge in [0.1, 0.15) is 6.07 Å². The second-order valence-electron chi connectivity index (χ2n) is 7.66. The third kappa shape index (κ3) is 4.73. The van der Waals surface area contributed by atoms with Crippen LogP contribution in [0.25, 0.3) is 5.65 Å². The van der Waals surface area contributed by atoms with Crippen molar-refractivity contribution in [2.24, 2.45) is 0 Å². The van der Waals surface area contributed by atoms with E-state index in [4.69, 9.17) is 16.3 Å². The Labute approximate surface area is 190 Å². The number of anilines is 3. The number of aromatic nitrogens is 4. The fraction of sp³-hybridized carbons (Fsp3) is 0.381. The summed E-state index contributed by atoms with van der Waals surface area (Å²) in [6.45, 7) is 1.86. The Morgan fingerprint density at radius 2 is 2.12 bits per heavy atom. The van der Waals surface area contributed by atoms with E-state index in [2.05, 4.69) is 42.7 Å². The summed E-state index contributed by atoms with van der Waals surface area (Å²) in [5.74, 6) is 0.782. The summed E-state index contributed by atoms with van der Waals surface area (Å²) in [4.78, 5) is 10.9. The number of hydrogen-bond acceptors (Lipinski definition) is 9. The number of hydrogen-bond donors (Lipinski definition) is 2. The molecule has 2 heterocycles. The third-order valence-corrected chi connectivity index (χ3v) is 5.48. The highest BCUT2D eigenvalue weighted by molar-refractivity contribution is 6.34. The Balaban J connectivity index is 1.69. The number of fused-ring (bicyclic) bond motifs is 1. The zero-order chi connectivity index (χ0) is 22.7. The Bertz CT molecular complexity index is 1220. The van der Waals surface area contributed by atoms with E-state index in [0.717, 1.165) is 24.9 Å². The number of methoxy groups -OCH3 is 1. The molecule has 4 rings (SSSR count). The molecular formula is C21H22ClN9O. The summed E-state index contributed by atoms with van der Waals surface area (Å²) in [6.07, 6.45) is 3.57. The van der Waals surface area contributed by atoms with Gasteiger partial charge in [0, 0.05) is 26.2 Å². The predicted molar refractivity (Wildman–Crippen MR) is 120 cm³/mol. The van der Waals surface area contributed by atoms with E-state index in [9.17, 15) is 10.5 Å². The SMILES string of the molecule is COCCN(C)Cc1cc(C#N)cc(Nc2nc(NC3CC3)c3ncc(C#N)n3n2)c1Cl. The van der Waals surface area contributed by atoms with E-state index >= 15 is 0 Å². The van der Waals surface area contributed by atoms with Crippen molar-refractivity contribution in [3.8, 4) is 12.1 Å². The van der Waals surface area contributed by atoms with Gasteiger partial charge in [0.15, 0.2) is 17.2 Å². The maximum absolute atomic E-state index is 9.51. The van der Waals surface area contributed by atoms with Crippen molar-refractivity contribution in [3.05, 3.63) is 40.2 Å². The molecular weight excluding hydrogens is 430 g/mol. The molecule has 1 fully saturated rings. The lowest BCUT2D eigenvalue weighted by Gasteiger charge is -2.19. The molecule has 1 aromatic carbocycles. The lowest BCUT2D eigenvalue weighted by Crippen LogP contribution is -2.22. The van der Waals surface area contributed by atoms with Crippen LogP contribution in [0.15, 0.2) is 18.3 Å². The molecule has 11 heteroatoms. The van der Waals surface area contributed by atoms with Crippen LogP contribution in [0.1, 0.15) is 29.7 Å². The standard InChI is InChI=1S/C21H22ClN9O/c1-30(5-6-32-2)12-14-7-13(9-23)8-17(18(14)22)27-21-28-19(26-15-3-4-15)20-25-11-16(10-24)31(20)29-21/h7-8,11,15H,3-6,12H2,1-2H3,(H2,26,27,28,29). The van der Waals surface area contributed by atoms with Gasteiger partial charge in [0.25, 0.3) is 0 Å². The Morgan fingerprint density at radius 1 is 1.31 bits per heavy atom. The first-order valence-electron chi connectivity index (χ1n) is 10.1. The van der Waals surface area contributed by atoms with E-state index in [1.807, 2.05) is 7.05 Å². The molecule has 0 amide bonds. The van der Waals surface area contributed by atoms with Gasteiger partial charge in [0.05, 0.1) is 35.1 Å². The van der Waals surface area contributed by atoms with Crippen LogP contribution < -0.4 is 10.6 Å². The van der Waals surface area contributed by atoms with E-state index in [0.29, 0.717) is 52.6 Å². The highest BCUT2D eigenvalue weighted by Gasteiger charge is 2.24. The number of benzene rings is 1. The first kappa shape index (κ1) is 21.8. The summed E-state index contributed by atoms with van der Waals surface area (Å²) in [7, 11) is 3.61. The van der Waals surface area contributed by atoms with E-state index < -0.39 is 0 Å². The maximum atomic E-state index is 9.51. The zero-order valence-corrected chi connectivity index (χ0v) is 18.5. The number of imidazole rings is 1. The highest BCUT2D eigenvalue weighted by Crippen LogP contribution is 2.32. The van der Waals surface area contributed by atoms with Crippen molar-refractivity contribution >= 4 is 34.7 Å². The predicted octanol–water partition coefficient (Wildman–Crippen LogP) is 2.92. The van der Waals surface area contributed by atoms with Crippen LogP contribution in [0.3, 0.4) is 0 Å². The minimum absolute atomic E-state index is 0.242. The Kier molecular flexibility index (Phi) is 6.37. The van der Waals surface area contributed by atoms with Gasteiger partial charge >= 0.3 is 0 Å². The van der Waals surface area contributed by atoms with Crippen LogP contribution in [-0.2, 0) is 11.3 Å². The molecule has 32 heavy (non-hydrogen) atoms. The minimum Gasteiger partial charge on any atom is -0.383 e. The van der Waals surface area contributed by atoms with Crippen molar-refractivity contribution < 1.29 is 4.74 Å². The fourth-order valence-electron chi connectivity index (χ4n) is 3.22. The zero-order valence-electron chi connectivity index (χ0n) is 17.8. The summed E-state index contributed by atoms with van der Waals surface area (Å²) < 4.78 is 6.57. The molecule has 2 aromatic heterocycles. The van der Waals surface area contributed by atoms with Crippen LogP contribution in [0, 0.1) is 22.7 Å². The maximum Gasteiger partial charge on any atom is 0.247 e. The number of halogens is 1. The topological polar surface area (TPSA) is 127 Å². The number of ether oxygens (including phenoxy) is 1. The lowest BCUT2D eigenvalue weighted by atomic mass is 10.1. The van der Waals surface area contributed by atoms with Crippen LogP contribution in [-0.4, -0.2) is 57.8 Å². The Morgan fingerprint density at radius 3 is 2.81 bits per heavy atom. The van der Waals surface area contributed by atoms with E-state index in [-0.39, 0.29) is 5.95 Å². The third-order valence-electron chi connectivity index (χ3n) is 5.04. The minimum atomic E-state index is 0.242. The van der Waals surface area contributed by atoms with Gasteiger partial charge in [0.2, 0.25) is 5.95 Å². The van der Waals surface area contributed by atoms with Crippen molar-refractivity contribution in [1.29, 1.82) is 10.5 Å². The summed E-state index contributed by atoms with van der Waals surface area (Å²) in [5.41, 5.74) is 2.54. The molecule has 10 nitrogen and oxygen atoms in total. The molecule has 0 aliphatic heterocycles. The number of nitrogens with zero attached hydrogens (tertiary/aromatic N) is 7. The van der Waals surface area contributed by atoms with Crippen LogP contribution in [0.2, 0.25) is 5.02 Å². The molecule has 3 aromatic rings. The lowest BCUT2D eigenvalue weighted by molar-refractivity contribution is 0.158. The molecule has 1 aliphatic rings. The van der Waals surface area contributed by atoms with Gasteiger partial charge in [-0.25, -0.2) is 4.98 Å². The molecule has 2 N–H and O–H groups in total.